The lowest BCUT2D eigenvalue weighted by molar-refractivity contribution is -0.144. The molecule has 1 N–H and O–H groups in total. The van der Waals surface area contributed by atoms with Crippen LogP contribution < -0.4 is 0 Å². The van der Waals surface area contributed by atoms with E-state index in [0.29, 0.717) is 25.4 Å². The number of likely N-dealkylation sites (tertiary alicyclic amines) is 1. The van der Waals surface area contributed by atoms with Gasteiger partial charge in [-0.15, -0.1) is 6.58 Å². The number of carbonyl (C=O) groups is 2. The fraction of sp³-hybridized carbons (Fsp3) is 0.692. The monoisotopic (exact) mass is 254 g/mol. The number of amides is 2. The van der Waals surface area contributed by atoms with E-state index in [-0.39, 0.29) is 6.03 Å². The van der Waals surface area contributed by atoms with Crippen LogP contribution in [0.25, 0.3) is 0 Å². The highest BCUT2D eigenvalue weighted by atomic mass is 16.4. The highest BCUT2D eigenvalue weighted by Gasteiger charge is 2.36. The van der Waals surface area contributed by atoms with Crippen LogP contribution in [0.1, 0.15) is 26.2 Å². The maximum absolute atomic E-state index is 12.1. The van der Waals surface area contributed by atoms with Gasteiger partial charge in [0.15, 0.2) is 0 Å². The second-order valence-corrected chi connectivity index (χ2v) is 4.80. The lowest BCUT2D eigenvalue weighted by atomic mass is 9.89. The number of carbonyl (C=O) groups excluding carboxylic acids is 1. The van der Waals surface area contributed by atoms with E-state index in [0.717, 1.165) is 12.8 Å². The summed E-state index contributed by atoms with van der Waals surface area (Å²) >= 11 is 0. The van der Waals surface area contributed by atoms with Gasteiger partial charge in [-0.2, -0.15) is 0 Å². The molecule has 0 aliphatic carbocycles. The largest absolute Gasteiger partial charge is 0.480 e. The lowest BCUT2D eigenvalue weighted by Crippen LogP contribution is -2.53. The number of nitrogens with zero attached hydrogens (tertiary/aromatic N) is 2. The van der Waals surface area contributed by atoms with Gasteiger partial charge in [-0.3, -0.25) is 0 Å². The summed E-state index contributed by atoms with van der Waals surface area (Å²) in [7, 11) is 1.66. The van der Waals surface area contributed by atoms with Crippen molar-refractivity contribution in [2.45, 2.75) is 32.2 Å². The number of piperidine rings is 1. The summed E-state index contributed by atoms with van der Waals surface area (Å²) < 4.78 is 0. The van der Waals surface area contributed by atoms with Crippen LogP contribution in [0, 0.1) is 5.92 Å². The number of hydrogen-bond donors (Lipinski definition) is 1. The predicted octanol–water partition coefficient (Wildman–Crippen LogP) is 1.80. The molecule has 18 heavy (non-hydrogen) atoms. The van der Waals surface area contributed by atoms with E-state index in [1.165, 1.54) is 9.80 Å². The topological polar surface area (TPSA) is 60.9 Å². The maximum Gasteiger partial charge on any atom is 0.326 e. The Morgan fingerprint density at radius 3 is 2.72 bits per heavy atom. The molecule has 2 unspecified atom stereocenters. The molecule has 1 saturated heterocycles. The number of urea groups is 1. The van der Waals surface area contributed by atoms with E-state index >= 15 is 0 Å². The van der Waals surface area contributed by atoms with Crippen LogP contribution in [0.4, 0.5) is 4.79 Å². The zero-order valence-electron chi connectivity index (χ0n) is 11.1. The van der Waals surface area contributed by atoms with Gasteiger partial charge < -0.3 is 14.9 Å². The highest BCUT2D eigenvalue weighted by Crippen LogP contribution is 2.26. The molecular weight excluding hydrogens is 232 g/mol. The molecule has 0 aromatic rings. The van der Waals surface area contributed by atoms with Crippen molar-refractivity contribution in [1.82, 2.24) is 9.80 Å². The van der Waals surface area contributed by atoms with E-state index in [1.807, 2.05) is 0 Å². The minimum absolute atomic E-state index is 0.225. The van der Waals surface area contributed by atoms with Crippen LogP contribution in [-0.2, 0) is 4.79 Å². The number of aliphatic carboxylic acids is 1. The van der Waals surface area contributed by atoms with Crippen molar-refractivity contribution in [3.8, 4) is 0 Å². The third-order valence-electron chi connectivity index (χ3n) is 3.55. The number of carboxylic acid groups (broad SMARTS) is 1. The molecule has 0 spiro atoms. The van der Waals surface area contributed by atoms with E-state index in [9.17, 15) is 14.7 Å². The van der Waals surface area contributed by atoms with Crippen LogP contribution >= 0.6 is 0 Å². The molecule has 1 aliphatic heterocycles. The second-order valence-electron chi connectivity index (χ2n) is 4.80. The van der Waals surface area contributed by atoms with Gasteiger partial charge in [0.05, 0.1) is 0 Å². The van der Waals surface area contributed by atoms with Gasteiger partial charge >= 0.3 is 12.0 Å². The Morgan fingerprint density at radius 1 is 1.56 bits per heavy atom. The zero-order valence-corrected chi connectivity index (χ0v) is 11.1. The summed E-state index contributed by atoms with van der Waals surface area (Å²) in [5, 5.41) is 9.25. The molecule has 5 heteroatoms. The zero-order chi connectivity index (χ0) is 13.7. The minimum atomic E-state index is -0.909. The van der Waals surface area contributed by atoms with E-state index < -0.39 is 12.0 Å². The van der Waals surface area contributed by atoms with Crippen molar-refractivity contribution in [2.24, 2.45) is 5.92 Å². The summed E-state index contributed by atoms with van der Waals surface area (Å²) in [6.45, 7) is 6.59. The van der Waals surface area contributed by atoms with Crippen LogP contribution in [-0.4, -0.2) is 53.1 Å². The fourth-order valence-electron chi connectivity index (χ4n) is 2.36. The van der Waals surface area contributed by atoms with Crippen molar-refractivity contribution >= 4 is 12.0 Å². The third-order valence-corrected chi connectivity index (χ3v) is 3.55. The van der Waals surface area contributed by atoms with Gasteiger partial charge in [0.1, 0.15) is 6.04 Å². The Labute approximate surface area is 108 Å². The summed E-state index contributed by atoms with van der Waals surface area (Å²) in [5.74, 6) is -0.506. The molecular formula is C13H22N2O3. The molecule has 5 nitrogen and oxygen atoms in total. The number of likely N-dealkylation sites (N-methyl/N-ethyl adjacent to an activating group) is 1. The molecule has 1 heterocycles. The molecule has 1 fully saturated rings. The molecule has 0 aromatic carbocycles. The average Bonchev–Trinajstić information content (AvgIpc) is 2.37. The van der Waals surface area contributed by atoms with Crippen LogP contribution in [0.2, 0.25) is 0 Å². The van der Waals surface area contributed by atoms with Gasteiger partial charge in [0.2, 0.25) is 0 Å². The first-order valence-corrected chi connectivity index (χ1v) is 6.36. The SMILES string of the molecule is C=CCN(C)C(=O)N1CCC(CC)CC1C(=O)O. The van der Waals surface area contributed by atoms with Crippen LogP contribution in [0.3, 0.4) is 0 Å². The molecule has 1 rings (SSSR count). The van der Waals surface area contributed by atoms with Gasteiger partial charge in [-0.1, -0.05) is 19.4 Å². The van der Waals surface area contributed by atoms with Crippen molar-refractivity contribution in [3.63, 3.8) is 0 Å². The third kappa shape index (κ3) is 3.24. The molecule has 0 saturated carbocycles. The molecule has 1 aliphatic rings. The van der Waals surface area contributed by atoms with Crippen LogP contribution in [0.5, 0.6) is 0 Å². The Kier molecular flexibility index (Phi) is 5.19. The molecule has 2 amide bonds. The smallest absolute Gasteiger partial charge is 0.326 e. The van der Waals surface area contributed by atoms with E-state index in [2.05, 4.69) is 13.5 Å². The van der Waals surface area contributed by atoms with Gasteiger partial charge in [-0.05, 0) is 18.8 Å². The number of hydrogen-bond acceptors (Lipinski definition) is 2. The first-order valence-electron chi connectivity index (χ1n) is 6.36. The fourth-order valence-corrected chi connectivity index (χ4v) is 2.36. The maximum atomic E-state index is 12.1. The summed E-state index contributed by atoms with van der Waals surface area (Å²) in [6, 6.07) is -0.916. The summed E-state index contributed by atoms with van der Waals surface area (Å²) in [4.78, 5) is 26.4. The molecule has 0 radical (unpaired) electrons. The predicted molar refractivity (Wildman–Crippen MR) is 69.4 cm³/mol. The molecule has 102 valence electrons. The first kappa shape index (κ1) is 14.5. The van der Waals surface area contributed by atoms with Crippen molar-refractivity contribution in [1.29, 1.82) is 0 Å². The van der Waals surface area contributed by atoms with Crippen molar-refractivity contribution in [2.75, 3.05) is 20.1 Å². The Bertz CT molecular complexity index is 330. The highest BCUT2D eigenvalue weighted by molar-refractivity contribution is 5.83. The number of carboxylic acids is 1. The Balaban J connectivity index is 2.76. The number of rotatable bonds is 4. The average molecular weight is 254 g/mol. The summed E-state index contributed by atoms with van der Waals surface area (Å²) in [5.41, 5.74) is 0. The quantitative estimate of drug-likeness (QED) is 0.778. The van der Waals surface area contributed by atoms with Gasteiger partial charge in [0.25, 0.3) is 0 Å². The normalized spacial score (nSPS) is 23.6. The Hall–Kier alpha value is -1.52. The van der Waals surface area contributed by atoms with Crippen LogP contribution in [0.15, 0.2) is 12.7 Å². The lowest BCUT2D eigenvalue weighted by Gasteiger charge is -2.38. The van der Waals surface area contributed by atoms with Crippen molar-refractivity contribution < 1.29 is 14.7 Å². The van der Waals surface area contributed by atoms with E-state index in [1.54, 1.807) is 13.1 Å². The molecule has 0 bridgehead atoms. The Morgan fingerprint density at radius 2 is 2.22 bits per heavy atom. The van der Waals surface area contributed by atoms with Crippen molar-refractivity contribution in [3.05, 3.63) is 12.7 Å². The molecule has 2 atom stereocenters. The first-order chi connectivity index (χ1) is 8.51. The second kappa shape index (κ2) is 6.42. The summed E-state index contributed by atoms with van der Waals surface area (Å²) in [6.07, 6.45) is 4.04. The molecule has 0 aromatic heterocycles. The van der Waals surface area contributed by atoms with Gasteiger partial charge in [0, 0.05) is 20.1 Å². The minimum Gasteiger partial charge on any atom is -0.480 e. The standard InChI is InChI=1S/C13H22N2O3/c1-4-7-14(3)13(18)15-8-6-10(5-2)9-11(15)12(16)17/h4,10-11H,1,5-9H2,2-3H3,(H,16,17). The van der Waals surface area contributed by atoms with Gasteiger partial charge in [-0.25, -0.2) is 9.59 Å². The van der Waals surface area contributed by atoms with E-state index in [4.69, 9.17) is 0 Å².